The molecule has 2 rings (SSSR count). The highest BCUT2D eigenvalue weighted by molar-refractivity contribution is 5.03. The smallest absolute Gasteiger partial charge is 0.277 e. The van der Waals surface area contributed by atoms with Crippen LogP contribution in [0.15, 0.2) is 17.3 Å². The Kier molecular flexibility index (Phi) is 3.69. The van der Waals surface area contributed by atoms with Gasteiger partial charge in [-0.25, -0.2) is 0 Å². The SMILES string of the molecule is NCc1cn(CCN2CCCC2)cnc1=O. The predicted molar refractivity (Wildman–Crippen MR) is 62.1 cm³/mol. The van der Waals surface area contributed by atoms with Crippen molar-refractivity contribution in [1.82, 2.24) is 14.5 Å². The van der Waals surface area contributed by atoms with Crippen LogP contribution in [0.3, 0.4) is 0 Å². The van der Waals surface area contributed by atoms with Crippen LogP contribution in [-0.2, 0) is 13.1 Å². The second-order valence-corrected chi connectivity index (χ2v) is 4.19. The summed E-state index contributed by atoms with van der Waals surface area (Å²) >= 11 is 0. The van der Waals surface area contributed by atoms with Gasteiger partial charge >= 0.3 is 0 Å². The van der Waals surface area contributed by atoms with Crippen LogP contribution in [-0.4, -0.2) is 34.1 Å². The summed E-state index contributed by atoms with van der Waals surface area (Å²) in [6, 6.07) is 0. The Hall–Kier alpha value is -1.20. The highest BCUT2D eigenvalue weighted by atomic mass is 16.1. The van der Waals surface area contributed by atoms with E-state index in [1.54, 1.807) is 6.33 Å². The van der Waals surface area contributed by atoms with Gasteiger partial charge in [0.2, 0.25) is 0 Å². The predicted octanol–water partition coefficient (Wildman–Crippen LogP) is -0.202. The van der Waals surface area contributed by atoms with Gasteiger partial charge in [0.1, 0.15) is 0 Å². The second kappa shape index (κ2) is 5.23. The summed E-state index contributed by atoms with van der Waals surface area (Å²) in [5.41, 5.74) is 5.85. The fraction of sp³-hybridized carbons (Fsp3) is 0.636. The van der Waals surface area contributed by atoms with Crippen LogP contribution in [0.25, 0.3) is 0 Å². The Morgan fingerprint density at radius 1 is 1.31 bits per heavy atom. The Morgan fingerprint density at radius 3 is 2.75 bits per heavy atom. The van der Waals surface area contributed by atoms with Crippen molar-refractivity contribution < 1.29 is 0 Å². The maximum Gasteiger partial charge on any atom is 0.277 e. The minimum atomic E-state index is -0.208. The molecule has 88 valence electrons. The van der Waals surface area contributed by atoms with E-state index < -0.39 is 0 Å². The van der Waals surface area contributed by atoms with E-state index in [2.05, 4.69) is 9.88 Å². The Labute approximate surface area is 94.9 Å². The number of nitrogens with two attached hydrogens (primary N) is 1. The molecule has 0 unspecified atom stereocenters. The number of aromatic nitrogens is 2. The first-order valence-corrected chi connectivity index (χ1v) is 5.77. The molecule has 1 aliphatic rings. The van der Waals surface area contributed by atoms with Gasteiger partial charge in [-0.2, -0.15) is 4.98 Å². The van der Waals surface area contributed by atoms with E-state index in [1.165, 1.54) is 25.9 Å². The number of likely N-dealkylation sites (tertiary alicyclic amines) is 1. The molecule has 5 nitrogen and oxygen atoms in total. The molecule has 0 saturated carbocycles. The van der Waals surface area contributed by atoms with E-state index in [-0.39, 0.29) is 12.1 Å². The van der Waals surface area contributed by atoms with Gasteiger partial charge in [-0.1, -0.05) is 0 Å². The van der Waals surface area contributed by atoms with E-state index in [0.717, 1.165) is 13.1 Å². The molecule has 1 fully saturated rings. The second-order valence-electron chi connectivity index (χ2n) is 4.19. The van der Waals surface area contributed by atoms with E-state index in [1.807, 2.05) is 10.8 Å². The maximum atomic E-state index is 11.2. The fourth-order valence-electron chi connectivity index (χ4n) is 2.02. The van der Waals surface area contributed by atoms with Crippen LogP contribution in [0, 0.1) is 0 Å². The molecule has 0 atom stereocenters. The molecule has 0 bridgehead atoms. The minimum absolute atomic E-state index is 0.208. The molecule has 2 heterocycles. The van der Waals surface area contributed by atoms with Gasteiger partial charge in [0, 0.05) is 31.4 Å². The zero-order chi connectivity index (χ0) is 11.4. The summed E-state index contributed by atoms with van der Waals surface area (Å²) in [7, 11) is 0. The Bertz CT molecular complexity index is 395. The summed E-state index contributed by atoms with van der Waals surface area (Å²) < 4.78 is 1.95. The first-order valence-electron chi connectivity index (χ1n) is 5.77. The molecular weight excluding hydrogens is 204 g/mol. The van der Waals surface area contributed by atoms with E-state index >= 15 is 0 Å². The van der Waals surface area contributed by atoms with Crippen molar-refractivity contribution in [3.8, 4) is 0 Å². The van der Waals surface area contributed by atoms with Gasteiger partial charge in [-0.05, 0) is 25.9 Å². The van der Waals surface area contributed by atoms with Gasteiger partial charge in [0.25, 0.3) is 5.56 Å². The summed E-state index contributed by atoms with van der Waals surface area (Å²) in [6.07, 6.45) is 6.01. The summed E-state index contributed by atoms with van der Waals surface area (Å²) in [6.45, 7) is 4.54. The third-order valence-corrected chi connectivity index (χ3v) is 3.01. The lowest BCUT2D eigenvalue weighted by molar-refractivity contribution is 0.321. The van der Waals surface area contributed by atoms with Crippen LogP contribution < -0.4 is 11.3 Å². The molecular formula is C11H18N4O. The molecule has 1 aromatic heterocycles. The standard InChI is InChI=1S/C11H18N4O/c12-7-10-8-15(9-13-11(10)16)6-5-14-3-1-2-4-14/h8-9H,1-7,12H2. The van der Waals surface area contributed by atoms with Crippen LogP contribution in [0.5, 0.6) is 0 Å². The summed E-state index contributed by atoms with van der Waals surface area (Å²) in [4.78, 5) is 17.5. The topological polar surface area (TPSA) is 64.2 Å². The molecule has 0 aliphatic carbocycles. The third kappa shape index (κ3) is 2.68. The summed E-state index contributed by atoms with van der Waals surface area (Å²) in [5, 5.41) is 0. The Balaban J connectivity index is 1.95. The Morgan fingerprint density at radius 2 is 2.06 bits per heavy atom. The molecule has 1 aliphatic heterocycles. The van der Waals surface area contributed by atoms with Crippen molar-refractivity contribution in [1.29, 1.82) is 0 Å². The average Bonchev–Trinajstić information content (AvgIpc) is 2.81. The van der Waals surface area contributed by atoms with Crippen molar-refractivity contribution >= 4 is 0 Å². The minimum Gasteiger partial charge on any atom is -0.337 e. The zero-order valence-electron chi connectivity index (χ0n) is 9.43. The number of nitrogens with zero attached hydrogens (tertiary/aromatic N) is 3. The van der Waals surface area contributed by atoms with Crippen molar-refractivity contribution in [3.05, 3.63) is 28.4 Å². The lowest BCUT2D eigenvalue weighted by Crippen LogP contribution is -2.26. The first kappa shape index (κ1) is 11.3. The number of rotatable bonds is 4. The zero-order valence-corrected chi connectivity index (χ0v) is 9.43. The highest BCUT2D eigenvalue weighted by Crippen LogP contribution is 2.06. The van der Waals surface area contributed by atoms with Gasteiger partial charge in [-0.3, -0.25) is 4.79 Å². The van der Waals surface area contributed by atoms with Crippen molar-refractivity contribution in [2.75, 3.05) is 19.6 Å². The quantitative estimate of drug-likeness (QED) is 0.766. The van der Waals surface area contributed by atoms with E-state index in [0.29, 0.717) is 5.56 Å². The van der Waals surface area contributed by atoms with Crippen molar-refractivity contribution in [2.24, 2.45) is 5.73 Å². The largest absolute Gasteiger partial charge is 0.337 e. The van der Waals surface area contributed by atoms with Crippen LogP contribution in [0.1, 0.15) is 18.4 Å². The van der Waals surface area contributed by atoms with Crippen molar-refractivity contribution in [2.45, 2.75) is 25.9 Å². The lowest BCUT2D eigenvalue weighted by atomic mass is 10.3. The molecule has 0 spiro atoms. The molecule has 0 radical (unpaired) electrons. The molecule has 1 saturated heterocycles. The average molecular weight is 222 g/mol. The van der Waals surface area contributed by atoms with Gasteiger partial charge in [0.05, 0.1) is 6.33 Å². The van der Waals surface area contributed by atoms with Gasteiger partial charge < -0.3 is 15.2 Å². The highest BCUT2D eigenvalue weighted by Gasteiger charge is 2.10. The molecule has 2 N–H and O–H groups in total. The molecule has 5 heteroatoms. The molecule has 1 aromatic rings. The monoisotopic (exact) mass is 222 g/mol. The van der Waals surface area contributed by atoms with Crippen LogP contribution in [0.2, 0.25) is 0 Å². The third-order valence-electron chi connectivity index (χ3n) is 3.01. The van der Waals surface area contributed by atoms with Crippen LogP contribution in [0.4, 0.5) is 0 Å². The van der Waals surface area contributed by atoms with Gasteiger partial charge in [0.15, 0.2) is 0 Å². The maximum absolute atomic E-state index is 11.2. The lowest BCUT2D eigenvalue weighted by Gasteiger charge is -2.15. The number of hydrogen-bond acceptors (Lipinski definition) is 4. The molecule has 0 amide bonds. The fourth-order valence-corrected chi connectivity index (χ4v) is 2.02. The van der Waals surface area contributed by atoms with E-state index in [4.69, 9.17) is 5.73 Å². The normalized spacial score (nSPS) is 16.8. The van der Waals surface area contributed by atoms with E-state index in [9.17, 15) is 4.79 Å². The number of hydrogen-bond donors (Lipinski definition) is 1. The van der Waals surface area contributed by atoms with Crippen molar-refractivity contribution in [3.63, 3.8) is 0 Å². The van der Waals surface area contributed by atoms with Crippen LogP contribution >= 0.6 is 0 Å². The first-order chi connectivity index (χ1) is 7.79. The summed E-state index contributed by atoms with van der Waals surface area (Å²) in [5.74, 6) is 0. The molecule has 0 aromatic carbocycles. The van der Waals surface area contributed by atoms with Gasteiger partial charge in [-0.15, -0.1) is 0 Å². The molecule has 16 heavy (non-hydrogen) atoms.